The number of nitrogens with two attached hydrogens (primary N) is 1. The monoisotopic (exact) mass is 180 g/mol. The lowest BCUT2D eigenvalue weighted by atomic mass is 10.2. The quantitative estimate of drug-likeness (QED) is 0.753. The van der Waals surface area contributed by atoms with Gasteiger partial charge in [-0.2, -0.15) is 0 Å². The fourth-order valence-corrected chi connectivity index (χ4v) is 0.985. The molecule has 0 unspecified atom stereocenters. The summed E-state index contributed by atoms with van der Waals surface area (Å²) in [6.07, 6.45) is 1.71. The molecule has 0 amide bonds. The Morgan fingerprint density at radius 1 is 1.46 bits per heavy atom. The highest BCUT2D eigenvalue weighted by Crippen LogP contribution is 2.17. The largest absolute Gasteiger partial charge is 0.488 e. The number of hydrogen-bond donors (Lipinski definition) is 1. The van der Waals surface area contributed by atoms with E-state index in [2.05, 4.69) is 4.98 Å². The van der Waals surface area contributed by atoms with E-state index in [-0.39, 0.29) is 5.60 Å². The normalized spacial score (nSPS) is 11.4. The Morgan fingerprint density at radius 2 is 2.15 bits per heavy atom. The van der Waals surface area contributed by atoms with Crippen LogP contribution in [0.25, 0.3) is 0 Å². The zero-order chi connectivity index (χ0) is 9.90. The van der Waals surface area contributed by atoms with Gasteiger partial charge in [-0.1, -0.05) is 0 Å². The lowest BCUT2D eigenvalue weighted by Crippen LogP contribution is -2.23. The van der Waals surface area contributed by atoms with E-state index >= 15 is 0 Å². The number of aromatic nitrogens is 1. The summed E-state index contributed by atoms with van der Waals surface area (Å²) in [5.41, 5.74) is 6.14. The Bertz CT molecular complexity index is 278. The molecule has 72 valence electrons. The summed E-state index contributed by atoms with van der Waals surface area (Å²) < 4.78 is 5.65. The second kappa shape index (κ2) is 3.75. The van der Waals surface area contributed by atoms with Crippen LogP contribution >= 0.6 is 0 Å². The van der Waals surface area contributed by atoms with Crippen molar-refractivity contribution >= 4 is 0 Å². The molecule has 1 heterocycles. The third-order valence-corrected chi connectivity index (χ3v) is 1.42. The first-order valence-corrected chi connectivity index (χ1v) is 4.35. The molecule has 2 N–H and O–H groups in total. The van der Waals surface area contributed by atoms with Crippen LogP contribution in [0.5, 0.6) is 5.75 Å². The van der Waals surface area contributed by atoms with Gasteiger partial charge in [-0.25, -0.2) is 0 Å². The summed E-state index contributed by atoms with van der Waals surface area (Å²) >= 11 is 0. The van der Waals surface area contributed by atoms with Crippen molar-refractivity contribution in [2.75, 3.05) is 0 Å². The molecule has 0 saturated heterocycles. The average Bonchev–Trinajstić information content (AvgIpc) is 2.01. The van der Waals surface area contributed by atoms with Crippen molar-refractivity contribution in [3.63, 3.8) is 0 Å². The van der Waals surface area contributed by atoms with Crippen molar-refractivity contribution in [3.8, 4) is 5.75 Å². The Kier molecular flexibility index (Phi) is 2.88. The van der Waals surface area contributed by atoms with E-state index in [4.69, 9.17) is 10.5 Å². The molecule has 0 fully saturated rings. The Hall–Kier alpha value is -1.09. The fourth-order valence-electron chi connectivity index (χ4n) is 0.985. The highest BCUT2D eigenvalue weighted by atomic mass is 16.5. The molecule has 3 nitrogen and oxygen atoms in total. The molecule has 1 aromatic rings. The number of pyridine rings is 1. The van der Waals surface area contributed by atoms with E-state index in [9.17, 15) is 0 Å². The van der Waals surface area contributed by atoms with Gasteiger partial charge in [0.05, 0.1) is 5.69 Å². The van der Waals surface area contributed by atoms with E-state index < -0.39 is 0 Å². The van der Waals surface area contributed by atoms with E-state index in [0.29, 0.717) is 6.54 Å². The molecular weight excluding hydrogens is 164 g/mol. The average molecular weight is 180 g/mol. The highest BCUT2D eigenvalue weighted by Gasteiger charge is 2.11. The van der Waals surface area contributed by atoms with Crippen LogP contribution in [0, 0.1) is 0 Å². The summed E-state index contributed by atoms with van der Waals surface area (Å²) in [5.74, 6) is 0.822. The maximum atomic E-state index is 5.65. The van der Waals surface area contributed by atoms with Gasteiger partial charge in [-0.15, -0.1) is 0 Å². The Balaban J connectivity index is 2.78. The Morgan fingerprint density at radius 3 is 2.69 bits per heavy atom. The van der Waals surface area contributed by atoms with Gasteiger partial charge in [0.1, 0.15) is 11.4 Å². The molecule has 0 aliphatic heterocycles. The first-order chi connectivity index (χ1) is 6.01. The fraction of sp³-hybridized carbons (Fsp3) is 0.500. The molecule has 1 aromatic heterocycles. The maximum Gasteiger partial charge on any atom is 0.123 e. The van der Waals surface area contributed by atoms with Crippen LogP contribution in [0.3, 0.4) is 0 Å². The molecule has 0 bridgehead atoms. The molecule has 0 saturated carbocycles. The zero-order valence-corrected chi connectivity index (χ0v) is 8.37. The molecule has 3 heteroatoms. The van der Waals surface area contributed by atoms with Crippen LogP contribution in [0.1, 0.15) is 26.5 Å². The lowest BCUT2D eigenvalue weighted by molar-refractivity contribution is 0.130. The molecule has 0 aliphatic carbocycles. The molecule has 0 aromatic carbocycles. The number of ether oxygens (including phenoxy) is 1. The molecule has 0 aliphatic rings. The molecule has 0 radical (unpaired) electrons. The van der Waals surface area contributed by atoms with Crippen molar-refractivity contribution in [3.05, 3.63) is 24.0 Å². The van der Waals surface area contributed by atoms with Crippen molar-refractivity contribution in [1.29, 1.82) is 0 Å². The van der Waals surface area contributed by atoms with Crippen LogP contribution in [0.2, 0.25) is 0 Å². The summed E-state index contributed by atoms with van der Waals surface area (Å²) in [6.45, 7) is 6.47. The van der Waals surface area contributed by atoms with Crippen molar-refractivity contribution in [2.24, 2.45) is 5.73 Å². The second-order valence-electron chi connectivity index (χ2n) is 3.90. The number of rotatable bonds is 2. The van der Waals surface area contributed by atoms with Gasteiger partial charge in [0.2, 0.25) is 0 Å². The van der Waals surface area contributed by atoms with Crippen molar-refractivity contribution in [1.82, 2.24) is 4.98 Å². The smallest absolute Gasteiger partial charge is 0.123 e. The highest BCUT2D eigenvalue weighted by molar-refractivity contribution is 5.23. The number of hydrogen-bond acceptors (Lipinski definition) is 3. The predicted octanol–water partition coefficient (Wildman–Crippen LogP) is 1.72. The summed E-state index contributed by atoms with van der Waals surface area (Å²) in [7, 11) is 0. The minimum Gasteiger partial charge on any atom is -0.488 e. The second-order valence-corrected chi connectivity index (χ2v) is 3.90. The first kappa shape index (κ1) is 9.99. The van der Waals surface area contributed by atoms with Gasteiger partial charge < -0.3 is 10.5 Å². The van der Waals surface area contributed by atoms with Gasteiger partial charge in [-0.05, 0) is 26.8 Å². The summed E-state index contributed by atoms with van der Waals surface area (Å²) in [5, 5.41) is 0. The van der Waals surface area contributed by atoms with Gasteiger partial charge >= 0.3 is 0 Å². The molecule has 0 atom stereocenters. The first-order valence-electron chi connectivity index (χ1n) is 4.35. The van der Waals surface area contributed by atoms with Crippen LogP contribution in [0.15, 0.2) is 18.3 Å². The van der Waals surface area contributed by atoms with E-state index in [1.54, 1.807) is 6.20 Å². The molecular formula is C10H16N2O. The molecule has 0 spiro atoms. The lowest BCUT2D eigenvalue weighted by Gasteiger charge is -2.21. The van der Waals surface area contributed by atoms with Gasteiger partial charge in [0.25, 0.3) is 0 Å². The minimum absolute atomic E-state index is 0.173. The third-order valence-electron chi connectivity index (χ3n) is 1.42. The topological polar surface area (TPSA) is 48.1 Å². The predicted molar refractivity (Wildman–Crippen MR) is 52.5 cm³/mol. The molecule has 13 heavy (non-hydrogen) atoms. The zero-order valence-electron chi connectivity index (χ0n) is 8.37. The van der Waals surface area contributed by atoms with Gasteiger partial charge in [-0.3, -0.25) is 4.98 Å². The standard InChI is InChI=1S/C10H16N2O/c1-10(2,3)13-9-4-5-12-8(6-9)7-11/h4-6H,7,11H2,1-3H3. The van der Waals surface area contributed by atoms with Crippen molar-refractivity contribution < 1.29 is 4.74 Å². The van der Waals surface area contributed by atoms with Crippen LogP contribution < -0.4 is 10.5 Å². The van der Waals surface area contributed by atoms with Crippen LogP contribution in [0.4, 0.5) is 0 Å². The van der Waals surface area contributed by atoms with Crippen molar-refractivity contribution in [2.45, 2.75) is 32.9 Å². The SMILES string of the molecule is CC(C)(C)Oc1ccnc(CN)c1. The maximum absolute atomic E-state index is 5.65. The van der Waals surface area contributed by atoms with Gasteiger partial charge in [0, 0.05) is 18.8 Å². The summed E-state index contributed by atoms with van der Waals surface area (Å²) in [4.78, 5) is 4.08. The van der Waals surface area contributed by atoms with E-state index in [1.807, 2.05) is 32.9 Å². The van der Waals surface area contributed by atoms with Crippen LogP contribution in [-0.4, -0.2) is 10.6 Å². The van der Waals surface area contributed by atoms with Crippen LogP contribution in [-0.2, 0) is 6.54 Å². The van der Waals surface area contributed by atoms with E-state index in [0.717, 1.165) is 11.4 Å². The van der Waals surface area contributed by atoms with Gasteiger partial charge in [0.15, 0.2) is 0 Å². The van der Waals surface area contributed by atoms with E-state index in [1.165, 1.54) is 0 Å². The minimum atomic E-state index is -0.173. The summed E-state index contributed by atoms with van der Waals surface area (Å²) in [6, 6.07) is 3.70. The molecule has 1 rings (SSSR count). The third kappa shape index (κ3) is 3.42. The number of nitrogens with zero attached hydrogens (tertiary/aromatic N) is 1. The Labute approximate surface area is 78.9 Å².